The molecule has 1 rings (SSSR count). The number of allylic oxidation sites excluding steroid dienone is 1. The molecule has 1 aromatic carbocycles. The SMILES string of the molecule is C=CCCC(C)Nc1ccccc1I. The highest BCUT2D eigenvalue weighted by Crippen LogP contribution is 2.18. The average molecular weight is 301 g/mol. The van der Waals surface area contributed by atoms with Crippen LogP contribution < -0.4 is 5.32 Å². The van der Waals surface area contributed by atoms with Gasteiger partial charge >= 0.3 is 0 Å². The molecule has 0 bridgehead atoms. The lowest BCUT2D eigenvalue weighted by Gasteiger charge is -2.15. The minimum Gasteiger partial charge on any atom is -0.382 e. The molecule has 0 aliphatic rings. The van der Waals surface area contributed by atoms with Crippen LogP contribution in [0.15, 0.2) is 36.9 Å². The zero-order valence-corrected chi connectivity index (χ0v) is 10.6. The topological polar surface area (TPSA) is 12.0 Å². The molecule has 0 radical (unpaired) electrons. The molecule has 1 aromatic rings. The van der Waals surface area contributed by atoms with Crippen molar-refractivity contribution < 1.29 is 0 Å². The first-order valence-corrected chi connectivity index (χ1v) is 5.94. The van der Waals surface area contributed by atoms with E-state index in [-0.39, 0.29) is 0 Å². The molecule has 0 aliphatic carbocycles. The lowest BCUT2D eigenvalue weighted by Crippen LogP contribution is -2.15. The summed E-state index contributed by atoms with van der Waals surface area (Å²) in [5.41, 5.74) is 1.23. The van der Waals surface area contributed by atoms with Crippen molar-refractivity contribution in [3.63, 3.8) is 0 Å². The third-order valence-corrected chi connectivity index (χ3v) is 3.02. The van der Waals surface area contributed by atoms with Gasteiger partial charge in [0.2, 0.25) is 0 Å². The molecule has 0 spiro atoms. The smallest absolute Gasteiger partial charge is 0.0477 e. The number of anilines is 1. The fraction of sp³-hybridized carbons (Fsp3) is 0.333. The third kappa shape index (κ3) is 3.70. The highest BCUT2D eigenvalue weighted by molar-refractivity contribution is 14.1. The monoisotopic (exact) mass is 301 g/mol. The summed E-state index contributed by atoms with van der Waals surface area (Å²) in [4.78, 5) is 0. The Balaban J connectivity index is 2.51. The highest BCUT2D eigenvalue weighted by atomic mass is 127. The van der Waals surface area contributed by atoms with E-state index in [0.717, 1.165) is 12.8 Å². The number of hydrogen-bond donors (Lipinski definition) is 1. The molecule has 76 valence electrons. The fourth-order valence-electron chi connectivity index (χ4n) is 1.28. The van der Waals surface area contributed by atoms with Gasteiger partial charge in [0.15, 0.2) is 0 Å². The van der Waals surface area contributed by atoms with Gasteiger partial charge in [-0.05, 0) is 54.5 Å². The van der Waals surface area contributed by atoms with E-state index >= 15 is 0 Å². The minimum atomic E-state index is 0.504. The van der Waals surface area contributed by atoms with Crippen molar-refractivity contribution in [2.24, 2.45) is 0 Å². The molecule has 2 heteroatoms. The van der Waals surface area contributed by atoms with Crippen LogP contribution in [0.2, 0.25) is 0 Å². The highest BCUT2D eigenvalue weighted by Gasteiger charge is 2.02. The lowest BCUT2D eigenvalue weighted by atomic mass is 10.1. The van der Waals surface area contributed by atoms with Gasteiger partial charge in [-0.1, -0.05) is 18.2 Å². The zero-order valence-electron chi connectivity index (χ0n) is 8.46. The van der Waals surface area contributed by atoms with Crippen LogP contribution in [0.1, 0.15) is 19.8 Å². The van der Waals surface area contributed by atoms with Crippen molar-refractivity contribution >= 4 is 28.3 Å². The quantitative estimate of drug-likeness (QED) is 0.639. The Kier molecular flexibility index (Phi) is 5.01. The molecule has 0 amide bonds. The summed E-state index contributed by atoms with van der Waals surface area (Å²) in [5, 5.41) is 3.49. The van der Waals surface area contributed by atoms with Gasteiger partial charge in [-0.2, -0.15) is 0 Å². The van der Waals surface area contributed by atoms with Gasteiger partial charge in [-0.25, -0.2) is 0 Å². The normalized spacial score (nSPS) is 12.1. The van der Waals surface area contributed by atoms with Gasteiger partial charge in [0.05, 0.1) is 0 Å². The maximum atomic E-state index is 3.73. The third-order valence-electron chi connectivity index (χ3n) is 2.08. The zero-order chi connectivity index (χ0) is 10.4. The minimum absolute atomic E-state index is 0.504. The maximum Gasteiger partial charge on any atom is 0.0477 e. The average Bonchev–Trinajstić information content (AvgIpc) is 2.18. The van der Waals surface area contributed by atoms with Crippen LogP contribution in [0.25, 0.3) is 0 Å². The van der Waals surface area contributed by atoms with Crippen molar-refractivity contribution in [1.29, 1.82) is 0 Å². The van der Waals surface area contributed by atoms with Crippen molar-refractivity contribution in [3.8, 4) is 0 Å². The van der Waals surface area contributed by atoms with E-state index in [1.165, 1.54) is 9.26 Å². The molecule has 1 atom stereocenters. The molecule has 0 saturated carbocycles. The lowest BCUT2D eigenvalue weighted by molar-refractivity contribution is 0.718. The van der Waals surface area contributed by atoms with E-state index in [4.69, 9.17) is 0 Å². The standard InChI is InChI=1S/C12H16IN/c1-3-4-7-10(2)14-12-9-6-5-8-11(12)13/h3,5-6,8-10,14H,1,4,7H2,2H3. The Morgan fingerprint density at radius 3 is 2.86 bits per heavy atom. The van der Waals surface area contributed by atoms with Crippen molar-refractivity contribution in [2.45, 2.75) is 25.8 Å². The van der Waals surface area contributed by atoms with E-state index in [0.29, 0.717) is 6.04 Å². The van der Waals surface area contributed by atoms with Gasteiger partial charge < -0.3 is 5.32 Å². The number of benzene rings is 1. The number of nitrogens with one attached hydrogen (secondary N) is 1. The summed E-state index contributed by atoms with van der Waals surface area (Å²) in [5.74, 6) is 0. The molecule has 14 heavy (non-hydrogen) atoms. The van der Waals surface area contributed by atoms with Crippen LogP contribution in [0.5, 0.6) is 0 Å². The summed E-state index contributed by atoms with van der Waals surface area (Å²) in [7, 11) is 0. The van der Waals surface area contributed by atoms with Crippen molar-refractivity contribution in [3.05, 3.63) is 40.5 Å². The van der Waals surface area contributed by atoms with Crippen LogP contribution in [-0.4, -0.2) is 6.04 Å². The second-order valence-corrected chi connectivity index (χ2v) is 4.55. The van der Waals surface area contributed by atoms with Crippen LogP contribution in [0, 0.1) is 3.57 Å². The Bertz CT molecular complexity index is 296. The van der Waals surface area contributed by atoms with E-state index in [1.807, 2.05) is 6.08 Å². The Morgan fingerprint density at radius 1 is 1.50 bits per heavy atom. The number of rotatable bonds is 5. The van der Waals surface area contributed by atoms with Crippen molar-refractivity contribution in [1.82, 2.24) is 0 Å². The second-order valence-electron chi connectivity index (χ2n) is 3.39. The maximum absolute atomic E-state index is 3.73. The van der Waals surface area contributed by atoms with Crippen LogP contribution in [0.4, 0.5) is 5.69 Å². The fourth-order valence-corrected chi connectivity index (χ4v) is 1.83. The molecule has 0 saturated heterocycles. The summed E-state index contributed by atoms with van der Waals surface area (Å²) in [6.07, 6.45) is 4.17. The first-order valence-electron chi connectivity index (χ1n) is 4.86. The summed E-state index contributed by atoms with van der Waals surface area (Å²) in [6.45, 7) is 5.93. The largest absolute Gasteiger partial charge is 0.382 e. The number of halogens is 1. The van der Waals surface area contributed by atoms with Gasteiger partial charge in [-0.3, -0.25) is 0 Å². The molecule has 1 unspecified atom stereocenters. The molecule has 0 heterocycles. The van der Waals surface area contributed by atoms with Gasteiger partial charge in [0.25, 0.3) is 0 Å². The van der Waals surface area contributed by atoms with Gasteiger partial charge in [0, 0.05) is 15.3 Å². The molecule has 1 N–H and O–H groups in total. The van der Waals surface area contributed by atoms with Gasteiger partial charge in [0.1, 0.15) is 0 Å². The second kappa shape index (κ2) is 6.06. The summed E-state index contributed by atoms with van der Waals surface area (Å²) < 4.78 is 1.27. The molecule has 0 aliphatic heterocycles. The molecular formula is C12H16IN. The molecular weight excluding hydrogens is 285 g/mol. The summed E-state index contributed by atoms with van der Waals surface area (Å²) in [6, 6.07) is 8.85. The van der Waals surface area contributed by atoms with Crippen molar-refractivity contribution in [2.75, 3.05) is 5.32 Å². The van der Waals surface area contributed by atoms with Crippen LogP contribution >= 0.6 is 22.6 Å². The van der Waals surface area contributed by atoms with E-state index in [2.05, 4.69) is 65.7 Å². The van der Waals surface area contributed by atoms with E-state index in [1.54, 1.807) is 0 Å². The van der Waals surface area contributed by atoms with Gasteiger partial charge in [-0.15, -0.1) is 6.58 Å². The van der Waals surface area contributed by atoms with Crippen LogP contribution in [0.3, 0.4) is 0 Å². The molecule has 0 fully saturated rings. The Hall–Kier alpha value is -0.510. The molecule has 0 aromatic heterocycles. The number of para-hydroxylation sites is 1. The summed E-state index contributed by atoms with van der Waals surface area (Å²) >= 11 is 2.35. The van der Waals surface area contributed by atoms with E-state index < -0.39 is 0 Å². The first kappa shape index (κ1) is 11.6. The predicted octanol–water partition coefficient (Wildman–Crippen LogP) is 4.06. The number of hydrogen-bond acceptors (Lipinski definition) is 1. The Morgan fingerprint density at radius 2 is 2.21 bits per heavy atom. The Labute approximate surface area is 99.7 Å². The van der Waals surface area contributed by atoms with Crippen LogP contribution in [-0.2, 0) is 0 Å². The predicted molar refractivity (Wildman–Crippen MR) is 71.7 cm³/mol. The first-order chi connectivity index (χ1) is 6.74. The van der Waals surface area contributed by atoms with E-state index in [9.17, 15) is 0 Å². The molecule has 1 nitrogen and oxygen atoms in total.